The number of alkyl halides is 2. The van der Waals surface area contributed by atoms with E-state index in [-0.39, 0.29) is 15.6 Å². The van der Waals surface area contributed by atoms with Crippen molar-refractivity contribution in [2.24, 2.45) is 0 Å². The SMILES string of the molecule is CC(=O)c1ccc(C#N)c(Br)c1C(F)F. The first kappa shape index (κ1) is 11.8. The molecule has 5 heteroatoms. The van der Waals surface area contributed by atoms with Crippen molar-refractivity contribution < 1.29 is 13.6 Å². The number of nitriles is 1. The van der Waals surface area contributed by atoms with Crippen molar-refractivity contribution >= 4 is 21.7 Å². The Labute approximate surface area is 93.6 Å². The van der Waals surface area contributed by atoms with E-state index in [0.717, 1.165) is 0 Å². The van der Waals surface area contributed by atoms with Crippen molar-refractivity contribution in [3.8, 4) is 6.07 Å². The van der Waals surface area contributed by atoms with Crippen LogP contribution in [0.4, 0.5) is 8.78 Å². The minimum absolute atomic E-state index is 0.00676. The zero-order valence-corrected chi connectivity index (χ0v) is 9.31. The first-order valence-corrected chi connectivity index (χ1v) is 4.80. The van der Waals surface area contributed by atoms with Crippen LogP contribution in [0, 0.1) is 11.3 Å². The number of hydrogen-bond donors (Lipinski definition) is 0. The molecule has 0 amide bonds. The lowest BCUT2D eigenvalue weighted by Crippen LogP contribution is -2.02. The van der Waals surface area contributed by atoms with Gasteiger partial charge in [-0.05, 0) is 35.0 Å². The van der Waals surface area contributed by atoms with Crippen molar-refractivity contribution in [2.45, 2.75) is 13.3 Å². The molecule has 0 radical (unpaired) electrons. The summed E-state index contributed by atoms with van der Waals surface area (Å²) in [6.45, 7) is 1.21. The second-order valence-electron chi connectivity index (χ2n) is 2.86. The highest BCUT2D eigenvalue weighted by atomic mass is 79.9. The Bertz CT molecular complexity index is 451. The van der Waals surface area contributed by atoms with Gasteiger partial charge in [-0.25, -0.2) is 8.78 Å². The van der Waals surface area contributed by atoms with Crippen molar-refractivity contribution in [2.75, 3.05) is 0 Å². The van der Waals surface area contributed by atoms with Crippen molar-refractivity contribution in [3.05, 3.63) is 33.3 Å². The van der Waals surface area contributed by atoms with Crippen molar-refractivity contribution in [3.63, 3.8) is 0 Å². The average Bonchev–Trinajstić information content (AvgIpc) is 2.16. The average molecular weight is 274 g/mol. The van der Waals surface area contributed by atoms with Gasteiger partial charge >= 0.3 is 0 Å². The number of carbonyl (C=O) groups is 1. The van der Waals surface area contributed by atoms with Gasteiger partial charge in [0.15, 0.2) is 5.78 Å². The number of nitrogens with zero attached hydrogens (tertiary/aromatic N) is 1. The molecule has 0 saturated heterocycles. The predicted octanol–water partition coefficient (Wildman–Crippen LogP) is 3.46. The van der Waals surface area contributed by atoms with Gasteiger partial charge in [0, 0.05) is 15.6 Å². The number of halogens is 3. The molecule has 0 aliphatic carbocycles. The summed E-state index contributed by atoms with van der Waals surface area (Å²) in [6, 6.07) is 4.35. The Morgan fingerprint density at radius 3 is 2.53 bits per heavy atom. The van der Waals surface area contributed by atoms with Crippen LogP contribution in [0.3, 0.4) is 0 Å². The Morgan fingerprint density at radius 1 is 1.53 bits per heavy atom. The molecule has 1 aromatic rings. The molecule has 0 fully saturated rings. The molecule has 0 N–H and O–H groups in total. The summed E-state index contributed by atoms with van der Waals surface area (Å²) in [7, 11) is 0. The molecule has 0 unspecified atom stereocenters. The highest BCUT2D eigenvalue weighted by Gasteiger charge is 2.21. The summed E-state index contributed by atoms with van der Waals surface area (Å²) < 4.78 is 25.3. The fraction of sp³-hybridized carbons (Fsp3) is 0.200. The third-order valence-corrected chi connectivity index (χ3v) is 2.75. The standard InChI is InChI=1S/C10H6BrF2NO/c1-5(15)7-3-2-6(4-14)9(11)8(7)10(12)13/h2-3,10H,1H3. The van der Waals surface area contributed by atoms with E-state index in [1.807, 2.05) is 0 Å². The summed E-state index contributed by atoms with van der Waals surface area (Å²) in [5, 5.41) is 8.64. The van der Waals surface area contributed by atoms with Gasteiger partial charge in [0.1, 0.15) is 6.07 Å². The highest BCUT2D eigenvalue weighted by Crippen LogP contribution is 2.33. The molecule has 0 bridgehead atoms. The summed E-state index contributed by atoms with van der Waals surface area (Å²) in [5.41, 5.74) is -0.382. The number of benzene rings is 1. The Morgan fingerprint density at radius 2 is 2.13 bits per heavy atom. The monoisotopic (exact) mass is 273 g/mol. The van der Waals surface area contributed by atoms with Crippen molar-refractivity contribution in [1.82, 2.24) is 0 Å². The van der Waals surface area contributed by atoms with Gasteiger partial charge in [-0.2, -0.15) is 5.26 Å². The van der Waals surface area contributed by atoms with E-state index in [9.17, 15) is 13.6 Å². The molecule has 0 aliphatic rings. The Kier molecular flexibility index (Phi) is 3.53. The fourth-order valence-corrected chi connectivity index (χ4v) is 1.81. The van der Waals surface area contributed by atoms with E-state index in [2.05, 4.69) is 15.9 Å². The van der Waals surface area contributed by atoms with E-state index < -0.39 is 17.8 Å². The van der Waals surface area contributed by atoms with Crippen molar-refractivity contribution in [1.29, 1.82) is 5.26 Å². The molecule has 1 aromatic carbocycles. The molecule has 2 nitrogen and oxygen atoms in total. The second-order valence-corrected chi connectivity index (χ2v) is 3.65. The molecular weight excluding hydrogens is 268 g/mol. The van der Waals surface area contributed by atoms with Gasteiger partial charge in [0.25, 0.3) is 6.43 Å². The van der Waals surface area contributed by atoms with Crippen LogP contribution < -0.4 is 0 Å². The molecule has 0 aliphatic heterocycles. The van der Waals surface area contributed by atoms with E-state index >= 15 is 0 Å². The van der Waals surface area contributed by atoms with E-state index in [1.54, 1.807) is 6.07 Å². The smallest absolute Gasteiger partial charge is 0.265 e. The minimum atomic E-state index is -2.79. The minimum Gasteiger partial charge on any atom is -0.294 e. The summed E-state index contributed by atoms with van der Waals surface area (Å²) >= 11 is 2.91. The summed E-state index contributed by atoms with van der Waals surface area (Å²) in [6.07, 6.45) is -2.79. The molecule has 15 heavy (non-hydrogen) atoms. The topological polar surface area (TPSA) is 40.9 Å². The van der Waals surface area contributed by atoms with Gasteiger partial charge in [-0.1, -0.05) is 0 Å². The van der Waals surface area contributed by atoms with Gasteiger partial charge in [0.2, 0.25) is 0 Å². The maximum atomic E-state index is 12.7. The van der Waals surface area contributed by atoms with E-state index in [1.165, 1.54) is 19.1 Å². The first-order valence-electron chi connectivity index (χ1n) is 4.00. The number of hydrogen-bond acceptors (Lipinski definition) is 2. The molecule has 0 atom stereocenters. The zero-order chi connectivity index (χ0) is 11.6. The van der Waals surface area contributed by atoms with E-state index in [4.69, 9.17) is 5.26 Å². The third kappa shape index (κ3) is 2.21. The lowest BCUT2D eigenvalue weighted by molar-refractivity contribution is 0.0998. The van der Waals surface area contributed by atoms with Gasteiger partial charge in [-0.15, -0.1) is 0 Å². The maximum Gasteiger partial charge on any atom is 0.265 e. The van der Waals surface area contributed by atoms with Crippen LogP contribution in [0.2, 0.25) is 0 Å². The maximum absolute atomic E-state index is 12.7. The molecule has 1 rings (SSSR count). The van der Waals surface area contributed by atoms with Crippen LogP contribution in [0.15, 0.2) is 16.6 Å². The van der Waals surface area contributed by atoms with Crippen LogP contribution >= 0.6 is 15.9 Å². The predicted molar refractivity (Wildman–Crippen MR) is 53.8 cm³/mol. The summed E-state index contributed by atoms with van der Waals surface area (Å²) in [5.74, 6) is -0.449. The molecule has 0 saturated carbocycles. The highest BCUT2D eigenvalue weighted by molar-refractivity contribution is 9.10. The van der Waals surface area contributed by atoms with Crippen LogP contribution in [0.25, 0.3) is 0 Å². The number of rotatable bonds is 2. The Hall–Kier alpha value is -1.28. The second kappa shape index (κ2) is 4.49. The first-order chi connectivity index (χ1) is 6.99. The van der Waals surface area contributed by atoms with Crippen LogP contribution in [0.5, 0.6) is 0 Å². The van der Waals surface area contributed by atoms with Crippen LogP contribution in [-0.4, -0.2) is 5.78 Å². The van der Waals surface area contributed by atoms with Crippen LogP contribution in [0.1, 0.15) is 34.8 Å². The van der Waals surface area contributed by atoms with Gasteiger partial charge < -0.3 is 0 Å². The molecule has 78 valence electrons. The number of carbonyl (C=O) groups excluding carboxylic acids is 1. The fourth-order valence-electron chi connectivity index (χ4n) is 1.20. The van der Waals surface area contributed by atoms with Crippen LogP contribution in [-0.2, 0) is 0 Å². The number of Topliss-reactive ketones (excluding diaryl/α,β-unsaturated/α-hetero) is 1. The van der Waals surface area contributed by atoms with Gasteiger partial charge in [-0.3, -0.25) is 4.79 Å². The molecule has 0 heterocycles. The lowest BCUT2D eigenvalue weighted by atomic mass is 10.0. The largest absolute Gasteiger partial charge is 0.294 e. The normalized spacial score (nSPS) is 10.1. The van der Waals surface area contributed by atoms with Gasteiger partial charge in [0.05, 0.1) is 5.56 Å². The summed E-state index contributed by atoms with van der Waals surface area (Å²) in [4.78, 5) is 11.1. The molecule has 0 aromatic heterocycles. The molecule has 0 spiro atoms. The quantitative estimate of drug-likeness (QED) is 0.775. The third-order valence-electron chi connectivity index (χ3n) is 1.90. The zero-order valence-electron chi connectivity index (χ0n) is 7.72. The van der Waals surface area contributed by atoms with E-state index in [0.29, 0.717) is 0 Å². The Balaban J connectivity index is 3.53. The number of ketones is 1. The lowest BCUT2D eigenvalue weighted by Gasteiger charge is -2.09. The molecular formula is C10H6BrF2NO.